The van der Waals surface area contributed by atoms with Crippen molar-refractivity contribution in [3.8, 4) is 0 Å². The Morgan fingerprint density at radius 1 is 1.26 bits per heavy atom. The van der Waals surface area contributed by atoms with E-state index in [0.717, 1.165) is 11.1 Å². The Labute approximate surface area is 118 Å². The van der Waals surface area contributed by atoms with Crippen molar-refractivity contribution in [1.29, 1.82) is 0 Å². The summed E-state index contributed by atoms with van der Waals surface area (Å²) in [5, 5.41) is 11.2. The highest BCUT2D eigenvalue weighted by molar-refractivity contribution is 6.32. The van der Waals surface area contributed by atoms with E-state index in [4.69, 9.17) is 17.3 Å². The van der Waals surface area contributed by atoms with Crippen LogP contribution in [0, 0.1) is 6.92 Å². The summed E-state index contributed by atoms with van der Waals surface area (Å²) >= 11 is 6.26. The van der Waals surface area contributed by atoms with E-state index in [9.17, 15) is 5.11 Å². The van der Waals surface area contributed by atoms with Crippen LogP contribution in [0.2, 0.25) is 5.02 Å². The number of hydrogen-bond donors (Lipinski definition) is 2. The Kier molecular flexibility index (Phi) is 4.53. The van der Waals surface area contributed by atoms with Crippen LogP contribution < -0.4 is 5.73 Å². The molecule has 0 saturated heterocycles. The Morgan fingerprint density at radius 2 is 1.95 bits per heavy atom. The summed E-state index contributed by atoms with van der Waals surface area (Å²) in [6.45, 7) is 2.26. The molecular weight excluding hydrogens is 260 g/mol. The van der Waals surface area contributed by atoms with Gasteiger partial charge in [-0.25, -0.2) is 0 Å². The molecule has 0 aliphatic rings. The van der Waals surface area contributed by atoms with E-state index in [2.05, 4.69) is 4.98 Å². The average Bonchev–Trinajstić information content (AvgIpc) is 2.44. The normalized spacial score (nSPS) is 14.1. The maximum Gasteiger partial charge on any atom is 0.0885 e. The van der Waals surface area contributed by atoms with Crippen LogP contribution in [0.5, 0.6) is 0 Å². The summed E-state index contributed by atoms with van der Waals surface area (Å²) in [6.07, 6.45) is 2.67. The quantitative estimate of drug-likeness (QED) is 0.903. The minimum absolute atomic E-state index is 0.192. The highest BCUT2D eigenvalue weighted by Crippen LogP contribution is 2.34. The third kappa shape index (κ3) is 2.95. The first-order valence-electron chi connectivity index (χ1n) is 6.18. The summed E-state index contributed by atoms with van der Waals surface area (Å²) in [7, 11) is 0. The lowest BCUT2D eigenvalue weighted by Gasteiger charge is -2.23. The number of nitrogens with two attached hydrogens (primary N) is 1. The highest BCUT2D eigenvalue weighted by atomic mass is 35.5. The van der Waals surface area contributed by atoms with Crippen molar-refractivity contribution in [2.24, 2.45) is 5.73 Å². The van der Waals surface area contributed by atoms with Gasteiger partial charge in [0.1, 0.15) is 0 Å². The Bertz CT molecular complexity index is 545. The third-order valence-electron chi connectivity index (χ3n) is 3.31. The van der Waals surface area contributed by atoms with Crippen molar-refractivity contribution < 1.29 is 5.11 Å². The van der Waals surface area contributed by atoms with Gasteiger partial charge in [0, 0.05) is 35.4 Å². The van der Waals surface area contributed by atoms with Crippen LogP contribution in [0.3, 0.4) is 0 Å². The van der Waals surface area contributed by atoms with Crippen molar-refractivity contribution in [3.05, 3.63) is 64.4 Å². The summed E-state index contributed by atoms with van der Waals surface area (Å²) in [6, 6.07) is 9.38. The summed E-state index contributed by atoms with van der Waals surface area (Å²) in [4.78, 5) is 3.98. The number of pyridine rings is 1. The van der Waals surface area contributed by atoms with Gasteiger partial charge >= 0.3 is 0 Å². The molecule has 19 heavy (non-hydrogen) atoms. The first-order valence-corrected chi connectivity index (χ1v) is 6.56. The molecule has 0 saturated carbocycles. The second-order valence-corrected chi connectivity index (χ2v) is 4.92. The van der Waals surface area contributed by atoms with E-state index < -0.39 is 6.10 Å². The molecule has 0 amide bonds. The maximum absolute atomic E-state index is 10.6. The van der Waals surface area contributed by atoms with E-state index in [1.54, 1.807) is 12.4 Å². The second-order valence-electron chi connectivity index (χ2n) is 4.55. The van der Waals surface area contributed by atoms with Crippen LogP contribution in [0.15, 0.2) is 42.7 Å². The molecule has 4 heteroatoms. The summed E-state index contributed by atoms with van der Waals surface area (Å²) in [5.74, 6) is -0.192. The molecule has 0 fully saturated rings. The van der Waals surface area contributed by atoms with E-state index in [1.807, 2.05) is 37.3 Å². The fourth-order valence-electron chi connectivity index (χ4n) is 2.17. The predicted molar refractivity (Wildman–Crippen MR) is 77.2 cm³/mol. The summed E-state index contributed by atoms with van der Waals surface area (Å²) < 4.78 is 0. The van der Waals surface area contributed by atoms with Crippen LogP contribution in [-0.2, 0) is 0 Å². The molecule has 1 heterocycles. The fourth-order valence-corrected chi connectivity index (χ4v) is 2.41. The highest BCUT2D eigenvalue weighted by Gasteiger charge is 2.23. The molecule has 2 unspecified atom stereocenters. The second kappa shape index (κ2) is 6.15. The smallest absolute Gasteiger partial charge is 0.0885 e. The minimum atomic E-state index is -0.722. The molecule has 2 rings (SSSR count). The molecule has 0 bridgehead atoms. The molecule has 3 N–H and O–H groups in total. The lowest BCUT2D eigenvalue weighted by Crippen LogP contribution is -2.20. The molecule has 2 atom stereocenters. The third-order valence-corrected chi connectivity index (χ3v) is 3.83. The van der Waals surface area contributed by atoms with Gasteiger partial charge in [-0.15, -0.1) is 0 Å². The van der Waals surface area contributed by atoms with Gasteiger partial charge in [-0.05, 0) is 30.2 Å². The number of aliphatic hydroxyl groups excluding tert-OH is 1. The minimum Gasteiger partial charge on any atom is -0.388 e. The van der Waals surface area contributed by atoms with Gasteiger partial charge in [0.2, 0.25) is 0 Å². The van der Waals surface area contributed by atoms with Crippen LogP contribution >= 0.6 is 11.6 Å². The summed E-state index contributed by atoms with van der Waals surface area (Å²) in [5.41, 5.74) is 8.43. The van der Waals surface area contributed by atoms with Crippen molar-refractivity contribution in [2.75, 3.05) is 6.54 Å². The molecule has 3 nitrogen and oxygen atoms in total. The largest absolute Gasteiger partial charge is 0.388 e. The Morgan fingerprint density at radius 3 is 2.58 bits per heavy atom. The molecule has 0 spiro atoms. The van der Waals surface area contributed by atoms with Crippen LogP contribution in [0.25, 0.3) is 0 Å². The molecule has 0 radical (unpaired) electrons. The average molecular weight is 277 g/mol. The number of aryl methyl sites for hydroxylation is 1. The molecule has 1 aromatic carbocycles. The van der Waals surface area contributed by atoms with Gasteiger partial charge in [0.15, 0.2) is 0 Å². The van der Waals surface area contributed by atoms with E-state index >= 15 is 0 Å². The van der Waals surface area contributed by atoms with Gasteiger partial charge in [-0.3, -0.25) is 4.98 Å². The molecule has 100 valence electrons. The number of aromatic nitrogens is 1. The van der Waals surface area contributed by atoms with Crippen molar-refractivity contribution in [2.45, 2.75) is 18.9 Å². The Hall–Kier alpha value is -1.42. The molecule has 0 aliphatic heterocycles. The van der Waals surface area contributed by atoms with Crippen LogP contribution in [-0.4, -0.2) is 16.6 Å². The van der Waals surface area contributed by atoms with Crippen LogP contribution in [0.4, 0.5) is 0 Å². The van der Waals surface area contributed by atoms with Crippen LogP contribution in [0.1, 0.15) is 28.7 Å². The first-order chi connectivity index (χ1) is 9.15. The zero-order valence-electron chi connectivity index (χ0n) is 10.8. The van der Waals surface area contributed by atoms with Gasteiger partial charge in [0.25, 0.3) is 0 Å². The molecule has 1 aromatic heterocycles. The SMILES string of the molecule is Cc1cccc(C(O)C(CN)c2ccncc2)c1Cl. The zero-order valence-corrected chi connectivity index (χ0v) is 11.5. The van der Waals surface area contributed by atoms with E-state index in [1.165, 1.54) is 0 Å². The monoisotopic (exact) mass is 276 g/mol. The van der Waals surface area contributed by atoms with Gasteiger partial charge < -0.3 is 10.8 Å². The van der Waals surface area contributed by atoms with E-state index in [-0.39, 0.29) is 5.92 Å². The molecule has 2 aromatic rings. The standard InChI is InChI=1S/C15H17ClN2O/c1-10-3-2-4-12(14(10)16)15(19)13(9-17)11-5-7-18-8-6-11/h2-8,13,15,19H,9,17H2,1H3. The number of halogens is 1. The number of hydrogen-bond acceptors (Lipinski definition) is 3. The van der Waals surface area contributed by atoms with Crippen molar-refractivity contribution in [1.82, 2.24) is 4.98 Å². The molecule has 0 aliphatic carbocycles. The number of aliphatic hydroxyl groups is 1. The maximum atomic E-state index is 10.6. The van der Waals surface area contributed by atoms with Crippen molar-refractivity contribution in [3.63, 3.8) is 0 Å². The lowest BCUT2D eigenvalue weighted by atomic mass is 9.89. The van der Waals surface area contributed by atoms with Gasteiger partial charge in [-0.1, -0.05) is 29.8 Å². The van der Waals surface area contributed by atoms with E-state index in [0.29, 0.717) is 17.1 Å². The lowest BCUT2D eigenvalue weighted by molar-refractivity contribution is 0.147. The number of rotatable bonds is 4. The molecular formula is C15H17ClN2O. The predicted octanol–water partition coefficient (Wildman–Crippen LogP) is 2.82. The Balaban J connectivity index is 2.36. The topological polar surface area (TPSA) is 59.1 Å². The van der Waals surface area contributed by atoms with Gasteiger partial charge in [0.05, 0.1) is 6.10 Å². The number of nitrogens with zero attached hydrogens (tertiary/aromatic N) is 1. The first kappa shape index (κ1) is 14.0. The van der Waals surface area contributed by atoms with Crippen molar-refractivity contribution >= 4 is 11.6 Å². The zero-order chi connectivity index (χ0) is 13.8. The fraction of sp³-hybridized carbons (Fsp3) is 0.267. The van der Waals surface area contributed by atoms with Gasteiger partial charge in [-0.2, -0.15) is 0 Å². The number of benzene rings is 1.